The summed E-state index contributed by atoms with van der Waals surface area (Å²) in [5.41, 5.74) is 0. The summed E-state index contributed by atoms with van der Waals surface area (Å²) in [6.07, 6.45) is 52.6. The number of unbranched alkanes of at least 4 members (excludes halogenated alkanes) is 27. The highest BCUT2D eigenvalue weighted by molar-refractivity contribution is 5.76. The Balaban J connectivity index is 3.68. The molecule has 0 aromatic rings. The first-order valence-electron chi connectivity index (χ1n) is 22.8. The number of allylic oxidation sites excluding steroid dienone is 6. The summed E-state index contributed by atoms with van der Waals surface area (Å²) in [5, 5.41) is 33.5. The average Bonchev–Trinajstić information content (AvgIpc) is 3.15. The van der Waals surface area contributed by atoms with Gasteiger partial charge in [0.2, 0.25) is 5.91 Å². The van der Waals surface area contributed by atoms with Crippen molar-refractivity contribution in [1.82, 2.24) is 5.32 Å². The van der Waals surface area contributed by atoms with Crippen LogP contribution in [0.5, 0.6) is 0 Å². The molecule has 0 saturated heterocycles. The summed E-state index contributed by atoms with van der Waals surface area (Å²) >= 11 is 0. The quantitative estimate of drug-likeness (QED) is 0.0372. The molecule has 4 N–H and O–H groups in total. The van der Waals surface area contributed by atoms with Gasteiger partial charge in [-0.05, 0) is 77.0 Å². The Kier molecular flexibility index (Phi) is 41.1. The third-order valence-electron chi connectivity index (χ3n) is 10.4. The van der Waals surface area contributed by atoms with Crippen molar-refractivity contribution < 1.29 is 20.1 Å². The molecular weight excluding hydrogens is 643 g/mol. The molecule has 3 unspecified atom stereocenters. The average molecular weight is 732 g/mol. The van der Waals surface area contributed by atoms with Gasteiger partial charge < -0.3 is 20.6 Å². The van der Waals surface area contributed by atoms with Crippen LogP contribution in [-0.2, 0) is 4.79 Å². The third-order valence-corrected chi connectivity index (χ3v) is 10.4. The highest BCUT2D eigenvalue weighted by Crippen LogP contribution is 2.15. The standard InChI is InChI=1S/C47H89NO4/c1-3-5-7-9-11-13-15-17-19-20-21-22-23-24-25-26-28-29-31-33-35-37-39-41-45(50)47(52)44(43-49)48-46(51)42-40-38-36-34-32-30-27-18-16-14-12-10-8-6-4-2/h14,16,26,28,33,35,44-45,47,49-50,52H,3-13,15,17-25,27,29-32,34,36-43H2,1-2H3,(H,48,51)/b16-14-,28-26+,35-33+. The topological polar surface area (TPSA) is 89.8 Å². The maximum absolute atomic E-state index is 12.4. The molecule has 0 aliphatic rings. The molecule has 0 heterocycles. The first-order valence-corrected chi connectivity index (χ1v) is 22.8. The van der Waals surface area contributed by atoms with Crippen molar-refractivity contribution in [2.45, 2.75) is 250 Å². The Hall–Kier alpha value is -1.43. The molecule has 0 aromatic heterocycles. The van der Waals surface area contributed by atoms with Gasteiger partial charge >= 0.3 is 0 Å². The fourth-order valence-electron chi connectivity index (χ4n) is 6.88. The van der Waals surface area contributed by atoms with Crippen LogP contribution in [-0.4, -0.2) is 46.1 Å². The van der Waals surface area contributed by atoms with Gasteiger partial charge in [-0.1, -0.05) is 185 Å². The molecule has 0 rings (SSSR count). The molecule has 0 aliphatic heterocycles. The molecule has 5 nitrogen and oxygen atoms in total. The smallest absolute Gasteiger partial charge is 0.220 e. The number of amides is 1. The molecule has 0 aromatic carbocycles. The fraction of sp³-hybridized carbons (Fsp3) is 0.851. The number of nitrogens with one attached hydrogen (secondary N) is 1. The van der Waals surface area contributed by atoms with Gasteiger partial charge in [0, 0.05) is 6.42 Å². The largest absolute Gasteiger partial charge is 0.394 e. The minimum atomic E-state index is -1.17. The first kappa shape index (κ1) is 50.6. The Morgan fingerprint density at radius 1 is 0.462 bits per heavy atom. The number of rotatable bonds is 41. The molecule has 52 heavy (non-hydrogen) atoms. The van der Waals surface area contributed by atoms with E-state index in [9.17, 15) is 20.1 Å². The molecule has 0 bridgehead atoms. The summed E-state index contributed by atoms with van der Waals surface area (Å²) in [5.74, 6) is -0.164. The SMILES string of the molecule is CCCCCC/C=C\CCCCCCCCCC(=O)NC(CO)C(O)C(O)CCC/C=C/CC/C=C/CCCCCCCCCCCCCCCC. The van der Waals surface area contributed by atoms with Gasteiger partial charge in [0.05, 0.1) is 18.8 Å². The lowest BCUT2D eigenvalue weighted by Gasteiger charge is -2.26. The van der Waals surface area contributed by atoms with Crippen LogP contribution < -0.4 is 5.32 Å². The lowest BCUT2D eigenvalue weighted by Crippen LogP contribution is -2.50. The van der Waals surface area contributed by atoms with Crippen molar-refractivity contribution in [3.05, 3.63) is 36.5 Å². The number of carbonyl (C=O) groups excluding carboxylic acids is 1. The second-order valence-electron chi connectivity index (χ2n) is 15.6. The third kappa shape index (κ3) is 36.9. The van der Waals surface area contributed by atoms with Gasteiger partial charge in [0.15, 0.2) is 0 Å². The molecular formula is C47H89NO4. The number of hydrogen-bond acceptors (Lipinski definition) is 4. The van der Waals surface area contributed by atoms with E-state index in [0.717, 1.165) is 44.9 Å². The van der Waals surface area contributed by atoms with Crippen LogP contribution in [0.15, 0.2) is 36.5 Å². The van der Waals surface area contributed by atoms with Crippen LogP contribution in [0, 0.1) is 0 Å². The monoisotopic (exact) mass is 732 g/mol. The Labute approximate surface area is 324 Å². The van der Waals surface area contributed by atoms with Crippen molar-refractivity contribution in [3.63, 3.8) is 0 Å². The summed E-state index contributed by atoms with van der Waals surface area (Å²) in [7, 11) is 0. The molecule has 5 heteroatoms. The van der Waals surface area contributed by atoms with Crippen LogP contribution in [0.2, 0.25) is 0 Å². The Morgan fingerprint density at radius 3 is 1.19 bits per heavy atom. The molecule has 306 valence electrons. The molecule has 0 spiro atoms. The van der Waals surface area contributed by atoms with Crippen LogP contribution in [0.1, 0.15) is 232 Å². The van der Waals surface area contributed by atoms with Crippen LogP contribution in [0.25, 0.3) is 0 Å². The number of hydrogen-bond donors (Lipinski definition) is 4. The number of aliphatic hydroxyl groups is 3. The van der Waals surface area contributed by atoms with Gasteiger partial charge in [-0.2, -0.15) is 0 Å². The van der Waals surface area contributed by atoms with Gasteiger partial charge in [0.25, 0.3) is 0 Å². The van der Waals surface area contributed by atoms with E-state index < -0.39 is 18.2 Å². The maximum Gasteiger partial charge on any atom is 0.220 e. The van der Waals surface area contributed by atoms with E-state index in [1.54, 1.807) is 0 Å². The zero-order chi connectivity index (χ0) is 38.0. The Bertz CT molecular complexity index is 809. The molecule has 0 radical (unpaired) electrons. The molecule has 3 atom stereocenters. The van der Waals surface area contributed by atoms with Crippen molar-refractivity contribution in [1.29, 1.82) is 0 Å². The number of aliphatic hydroxyl groups excluding tert-OH is 3. The zero-order valence-corrected chi connectivity index (χ0v) is 34.7. The van der Waals surface area contributed by atoms with E-state index in [4.69, 9.17) is 0 Å². The fourth-order valence-corrected chi connectivity index (χ4v) is 6.88. The molecule has 0 aliphatic carbocycles. The van der Waals surface area contributed by atoms with E-state index in [1.807, 2.05) is 0 Å². The predicted octanol–water partition coefficient (Wildman–Crippen LogP) is 13.2. The predicted molar refractivity (Wildman–Crippen MR) is 227 cm³/mol. The van der Waals surface area contributed by atoms with Crippen molar-refractivity contribution >= 4 is 5.91 Å². The number of carbonyl (C=O) groups is 1. The van der Waals surface area contributed by atoms with Crippen LogP contribution in [0.3, 0.4) is 0 Å². The lowest BCUT2D eigenvalue weighted by molar-refractivity contribution is -0.124. The van der Waals surface area contributed by atoms with E-state index >= 15 is 0 Å². The second-order valence-corrected chi connectivity index (χ2v) is 15.6. The molecule has 1 amide bonds. The summed E-state index contributed by atoms with van der Waals surface area (Å²) in [6, 6.07) is -0.834. The van der Waals surface area contributed by atoms with Crippen LogP contribution >= 0.6 is 0 Å². The van der Waals surface area contributed by atoms with E-state index in [0.29, 0.717) is 12.8 Å². The highest BCUT2D eigenvalue weighted by atomic mass is 16.3. The van der Waals surface area contributed by atoms with Gasteiger partial charge in [0.1, 0.15) is 6.10 Å². The summed E-state index contributed by atoms with van der Waals surface area (Å²) in [6.45, 7) is 4.15. The summed E-state index contributed by atoms with van der Waals surface area (Å²) < 4.78 is 0. The maximum atomic E-state index is 12.4. The van der Waals surface area contributed by atoms with E-state index in [2.05, 4.69) is 55.6 Å². The van der Waals surface area contributed by atoms with Crippen molar-refractivity contribution in [2.75, 3.05) is 6.61 Å². The minimum Gasteiger partial charge on any atom is -0.394 e. The molecule has 0 fully saturated rings. The van der Waals surface area contributed by atoms with Crippen LogP contribution in [0.4, 0.5) is 0 Å². The Morgan fingerprint density at radius 2 is 0.788 bits per heavy atom. The van der Waals surface area contributed by atoms with E-state index in [-0.39, 0.29) is 12.5 Å². The zero-order valence-electron chi connectivity index (χ0n) is 34.7. The minimum absolute atomic E-state index is 0.164. The molecule has 0 saturated carbocycles. The normalized spacial score (nSPS) is 13.9. The van der Waals surface area contributed by atoms with Gasteiger partial charge in [-0.3, -0.25) is 4.79 Å². The summed E-state index contributed by atoms with van der Waals surface area (Å²) in [4.78, 5) is 12.4. The second kappa shape index (κ2) is 42.3. The van der Waals surface area contributed by atoms with Gasteiger partial charge in [-0.15, -0.1) is 0 Å². The van der Waals surface area contributed by atoms with Crippen molar-refractivity contribution in [3.8, 4) is 0 Å². The van der Waals surface area contributed by atoms with E-state index in [1.165, 1.54) is 161 Å². The van der Waals surface area contributed by atoms with Crippen molar-refractivity contribution in [2.24, 2.45) is 0 Å². The first-order chi connectivity index (χ1) is 25.6. The van der Waals surface area contributed by atoms with Gasteiger partial charge in [-0.25, -0.2) is 0 Å². The highest BCUT2D eigenvalue weighted by Gasteiger charge is 2.26. The lowest BCUT2D eigenvalue weighted by atomic mass is 10.0.